The van der Waals surface area contributed by atoms with Crippen molar-refractivity contribution in [3.8, 4) is 0 Å². The second-order valence-electron chi connectivity index (χ2n) is 9.51. The van der Waals surface area contributed by atoms with E-state index in [1.807, 2.05) is 0 Å². The molecule has 27 heavy (non-hydrogen) atoms. The Kier molecular flexibility index (Phi) is 4.75. The van der Waals surface area contributed by atoms with Crippen molar-refractivity contribution in [2.75, 3.05) is 43.4 Å². The number of hydrogen-bond acceptors (Lipinski definition) is 5. The van der Waals surface area contributed by atoms with Crippen molar-refractivity contribution < 1.29 is 0 Å². The van der Waals surface area contributed by atoms with Gasteiger partial charge >= 0.3 is 0 Å². The van der Waals surface area contributed by atoms with Crippen LogP contribution in [0.5, 0.6) is 0 Å². The van der Waals surface area contributed by atoms with Crippen LogP contribution in [0.4, 0.5) is 11.8 Å². The molecule has 2 saturated heterocycles. The Labute approximate surface area is 163 Å². The molecule has 5 heteroatoms. The first kappa shape index (κ1) is 17.7. The first-order chi connectivity index (χ1) is 13.2. The smallest absolute Gasteiger partial charge is 0.222 e. The van der Waals surface area contributed by atoms with Crippen molar-refractivity contribution in [1.29, 1.82) is 0 Å². The summed E-state index contributed by atoms with van der Waals surface area (Å²) in [5.74, 6) is 2.54. The molecule has 0 unspecified atom stereocenters. The van der Waals surface area contributed by atoms with E-state index in [1.54, 1.807) is 0 Å². The second kappa shape index (κ2) is 7.23. The summed E-state index contributed by atoms with van der Waals surface area (Å²) in [5.41, 5.74) is 9.30. The van der Waals surface area contributed by atoms with E-state index in [1.165, 1.54) is 101 Å². The fourth-order valence-corrected chi connectivity index (χ4v) is 6.34. The van der Waals surface area contributed by atoms with Crippen molar-refractivity contribution in [3.63, 3.8) is 0 Å². The highest BCUT2D eigenvalue weighted by atomic mass is 15.2. The molecule has 2 aliphatic carbocycles. The molecular formula is C22H35N5. The Morgan fingerprint density at radius 1 is 0.889 bits per heavy atom. The summed E-state index contributed by atoms with van der Waals surface area (Å²) in [7, 11) is 0. The van der Waals surface area contributed by atoms with Crippen LogP contribution < -0.4 is 10.6 Å². The number of nitrogens with two attached hydrogens (primary N) is 1. The predicted molar refractivity (Wildman–Crippen MR) is 110 cm³/mol. The fraction of sp³-hybridized carbons (Fsp3) is 0.818. The van der Waals surface area contributed by atoms with Gasteiger partial charge in [0.05, 0.1) is 5.69 Å². The van der Waals surface area contributed by atoms with Gasteiger partial charge in [-0.1, -0.05) is 12.8 Å². The van der Waals surface area contributed by atoms with Gasteiger partial charge in [-0.2, -0.15) is 4.98 Å². The summed E-state index contributed by atoms with van der Waals surface area (Å²) < 4.78 is 0. The molecule has 3 fully saturated rings. The first-order valence-corrected chi connectivity index (χ1v) is 11.4. The Balaban J connectivity index is 1.34. The van der Waals surface area contributed by atoms with Crippen molar-refractivity contribution in [2.24, 2.45) is 5.92 Å². The third-order valence-corrected chi connectivity index (χ3v) is 7.78. The van der Waals surface area contributed by atoms with E-state index >= 15 is 0 Å². The summed E-state index contributed by atoms with van der Waals surface area (Å²) in [6, 6.07) is 0. The van der Waals surface area contributed by atoms with Crippen molar-refractivity contribution >= 4 is 11.8 Å². The number of nitrogen functional groups attached to an aromatic ring is 1. The number of aromatic nitrogens is 2. The van der Waals surface area contributed by atoms with Crippen molar-refractivity contribution in [2.45, 2.75) is 76.0 Å². The molecule has 1 spiro atoms. The van der Waals surface area contributed by atoms with Gasteiger partial charge in [0.25, 0.3) is 0 Å². The highest BCUT2D eigenvalue weighted by Crippen LogP contribution is 2.49. The van der Waals surface area contributed by atoms with Crippen LogP contribution in [0, 0.1) is 5.92 Å². The lowest BCUT2D eigenvalue weighted by Crippen LogP contribution is -2.40. The van der Waals surface area contributed by atoms with Crippen LogP contribution in [0.3, 0.4) is 0 Å². The van der Waals surface area contributed by atoms with Gasteiger partial charge in [-0.3, -0.25) is 0 Å². The molecule has 1 aromatic rings. The maximum absolute atomic E-state index is 6.22. The molecule has 5 rings (SSSR count). The number of piperidine rings is 1. The van der Waals surface area contributed by atoms with E-state index in [-0.39, 0.29) is 0 Å². The maximum Gasteiger partial charge on any atom is 0.222 e. The SMILES string of the molecule is Nc1nc(N2CCC(CN3CCCC3)CC2)c2c(n1)C1(CCCC1)CCC2. The molecule has 0 atom stereocenters. The average Bonchev–Trinajstić information content (AvgIpc) is 3.36. The number of hydrogen-bond donors (Lipinski definition) is 1. The zero-order valence-electron chi connectivity index (χ0n) is 16.8. The van der Waals surface area contributed by atoms with Gasteiger partial charge in [-0.05, 0) is 76.8 Å². The minimum Gasteiger partial charge on any atom is -0.368 e. The monoisotopic (exact) mass is 369 g/mol. The summed E-state index contributed by atoms with van der Waals surface area (Å²) in [6.07, 6.45) is 14.4. The lowest BCUT2D eigenvalue weighted by atomic mass is 9.71. The minimum atomic E-state index is 0.313. The van der Waals surface area contributed by atoms with Crippen LogP contribution in [0.15, 0.2) is 0 Å². The number of anilines is 2. The summed E-state index contributed by atoms with van der Waals surface area (Å²) in [4.78, 5) is 14.8. The number of rotatable bonds is 3. The molecule has 4 aliphatic rings. The number of fused-ring (bicyclic) bond motifs is 2. The van der Waals surface area contributed by atoms with Crippen LogP contribution in [0.2, 0.25) is 0 Å². The fourth-order valence-electron chi connectivity index (χ4n) is 6.34. The van der Waals surface area contributed by atoms with Gasteiger partial charge in [0.1, 0.15) is 5.82 Å². The zero-order chi connectivity index (χ0) is 18.3. The van der Waals surface area contributed by atoms with Crippen LogP contribution in [0.25, 0.3) is 0 Å². The normalized spacial score (nSPS) is 26.0. The molecule has 0 aromatic carbocycles. The molecule has 2 N–H and O–H groups in total. The summed E-state index contributed by atoms with van der Waals surface area (Å²) >= 11 is 0. The number of nitrogens with zero attached hydrogens (tertiary/aromatic N) is 4. The van der Waals surface area contributed by atoms with Gasteiger partial charge in [-0.15, -0.1) is 0 Å². The Morgan fingerprint density at radius 2 is 1.59 bits per heavy atom. The number of likely N-dealkylation sites (tertiary alicyclic amines) is 1. The molecule has 0 bridgehead atoms. The van der Waals surface area contributed by atoms with E-state index in [0.29, 0.717) is 11.4 Å². The molecule has 1 saturated carbocycles. The summed E-state index contributed by atoms with van der Waals surface area (Å²) in [6.45, 7) is 6.21. The third kappa shape index (κ3) is 3.32. The van der Waals surface area contributed by atoms with Gasteiger partial charge in [-0.25, -0.2) is 4.98 Å². The Morgan fingerprint density at radius 3 is 2.33 bits per heavy atom. The van der Waals surface area contributed by atoms with Crippen molar-refractivity contribution in [3.05, 3.63) is 11.3 Å². The van der Waals surface area contributed by atoms with Gasteiger partial charge in [0.15, 0.2) is 0 Å². The summed E-state index contributed by atoms with van der Waals surface area (Å²) in [5, 5.41) is 0. The van der Waals surface area contributed by atoms with Gasteiger partial charge < -0.3 is 15.5 Å². The largest absolute Gasteiger partial charge is 0.368 e. The highest BCUT2D eigenvalue weighted by molar-refractivity contribution is 5.55. The van der Waals surface area contributed by atoms with E-state index in [2.05, 4.69) is 9.80 Å². The molecule has 0 amide bonds. The molecule has 2 aliphatic heterocycles. The maximum atomic E-state index is 6.22. The average molecular weight is 370 g/mol. The van der Waals surface area contributed by atoms with Gasteiger partial charge in [0, 0.05) is 30.6 Å². The molecule has 0 radical (unpaired) electrons. The van der Waals surface area contributed by atoms with Crippen LogP contribution in [-0.2, 0) is 11.8 Å². The van der Waals surface area contributed by atoms with Gasteiger partial charge in [0.2, 0.25) is 5.95 Å². The molecule has 5 nitrogen and oxygen atoms in total. The quantitative estimate of drug-likeness (QED) is 0.883. The molecule has 148 valence electrons. The first-order valence-electron chi connectivity index (χ1n) is 11.4. The van der Waals surface area contributed by atoms with E-state index in [9.17, 15) is 0 Å². The standard InChI is InChI=1S/C22H35N5/c23-21-24-19-18(6-5-11-22(19)9-1-2-10-22)20(25-21)27-14-7-17(8-15-27)16-26-12-3-4-13-26/h17H,1-16H2,(H2,23,24,25). The Bertz CT molecular complexity index is 668. The molecule has 3 heterocycles. The van der Waals surface area contributed by atoms with Crippen molar-refractivity contribution in [1.82, 2.24) is 14.9 Å². The van der Waals surface area contributed by atoms with Crippen LogP contribution in [0.1, 0.15) is 75.5 Å². The topological polar surface area (TPSA) is 58.3 Å². The zero-order valence-corrected chi connectivity index (χ0v) is 16.8. The lowest BCUT2D eigenvalue weighted by molar-refractivity contribution is 0.249. The molecular weight excluding hydrogens is 334 g/mol. The second-order valence-corrected chi connectivity index (χ2v) is 9.51. The molecule has 1 aromatic heterocycles. The third-order valence-electron chi connectivity index (χ3n) is 7.78. The van der Waals surface area contributed by atoms with E-state index in [0.717, 1.165) is 25.4 Å². The Hall–Kier alpha value is -1.36. The predicted octanol–water partition coefficient (Wildman–Crippen LogP) is 3.52. The van der Waals surface area contributed by atoms with Crippen LogP contribution in [-0.4, -0.2) is 47.6 Å². The van der Waals surface area contributed by atoms with E-state index < -0.39 is 0 Å². The van der Waals surface area contributed by atoms with E-state index in [4.69, 9.17) is 15.7 Å². The highest BCUT2D eigenvalue weighted by Gasteiger charge is 2.42. The minimum absolute atomic E-state index is 0.313. The lowest BCUT2D eigenvalue weighted by Gasteiger charge is -2.39. The van der Waals surface area contributed by atoms with Crippen LogP contribution >= 0.6 is 0 Å².